The smallest absolute Gasteiger partial charge is 0.241 e. The van der Waals surface area contributed by atoms with Gasteiger partial charge in [0.1, 0.15) is 23.9 Å². The van der Waals surface area contributed by atoms with E-state index < -0.39 is 0 Å². The van der Waals surface area contributed by atoms with Gasteiger partial charge in [-0.2, -0.15) is 11.8 Å². The number of methoxy groups -OCH3 is 1. The zero-order chi connectivity index (χ0) is 26.9. The summed E-state index contributed by atoms with van der Waals surface area (Å²) >= 11 is 1.87. The Labute approximate surface area is 234 Å². The lowest BCUT2D eigenvalue weighted by Gasteiger charge is -2.36. The Morgan fingerprint density at radius 3 is 2.54 bits per heavy atom. The number of thioether (sulfide) groups is 1. The fraction of sp³-hybridized carbons (Fsp3) is 0.281. The van der Waals surface area contributed by atoms with E-state index in [1.165, 1.54) is 5.56 Å². The van der Waals surface area contributed by atoms with E-state index in [0.29, 0.717) is 26.3 Å². The lowest BCUT2D eigenvalue weighted by molar-refractivity contribution is -0.119. The monoisotopic (exact) mass is 542 g/mol. The highest BCUT2D eigenvalue weighted by Crippen LogP contribution is 2.28. The zero-order valence-corrected chi connectivity index (χ0v) is 23.0. The van der Waals surface area contributed by atoms with Crippen LogP contribution in [-0.2, 0) is 10.5 Å². The molecule has 0 radical (unpaired) electrons. The first-order valence-electron chi connectivity index (χ1n) is 13.3. The molecule has 39 heavy (non-hydrogen) atoms. The van der Waals surface area contributed by atoms with Crippen LogP contribution in [0.3, 0.4) is 0 Å². The molecule has 202 valence electrons. The third kappa shape index (κ3) is 6.85. The van der Waals surface area contributed by atoms with Crippen molar-refractivity contribution in [3.63, 3.8) is 0 Å². The van der Waals surface area contributed by atoms with Gasteiger partial charge in [0, 0.05) is 28.9 Å². The van der Waals surface area contributed by atoms with Crippen molar-refractivity contribution in [2.45, 2.75) is 18.2 Å². The van der Waals surface area contributed by atoms with Crippen molar-refractivity contribution >= 4 is 34.1 Å². The summed E-state index contributed by atoms with van der Waals surface area (Å²) in [5.74, 6) is 4.53. The summed E-state index contributed by atoms with van der Waals surface area (Å²) in [6, 6.07) is 30.0. The third-order valence-electron chi connectivity index (χ3n) is 6.74. The Hall–Kier alpha value is -3.68. The highest BCUT2D eigenvalue weighted by molar-refractivity contribution is 7.98. The van der Waals surface area contributed by atoms with Gasteiger partial charge in [-0.05, 0) is 54.0 Å². The second-order valence-corrected chi connectivity index (χ2v) is 10.5. The van der Waals surface area contributed by atoms with Crippen LogP contribution < -0.4 is 24.4 Å². The zero-order valence-electron chi connectivity index (χ0n) is 22.2. The molecule has 4 aromatic carbocycles. The predicted octanol–water partition coefficient (Wildman–Crippen LogP) is 5.93. The van der Waals surface area contributed by atoms with Crippen LogP contribution in [0.5, 0.6) is 17.2 Å². The van der Waals surface area contributed by atoms with Crippen LogP contribution in [-0.4, -0.2) is 51.1 Å². The summed E-state index contributed by atoms with van der Waals surface area (Å²) in [4.78, 5) is 14.7. The van der Waals surface area contributed by atoms with Crippen molar-refractivity contribution in [2.75, 3.05) is 44.1 Å². The highest BCUT2D eigenvalue weighted by Gasteiger charge is 2.30. The van der Waals surface area contributed by atoms with E-state index in [4.69, 9.17) is 14.2 Å². The number of ether oxygens (including phenoxy) is 3. The minimum Gasteiger partial charge on any atom is -0.496 e. The largest absolute Gasteiger partial charge is 0.496 e. The number of nitrogens with zero attached hydrogens (tertiary/aromatic N) is 1. The molecule has 1 N–H and O–H groups in total. The van der Waals surface area contributed by atoms with Crippen LogP contribution in [0, 0.1) is 0 Å². The standard InChI is InChI=1S/C32H34N2O4S/c1-36-30-12-5-3-9-25(30)23-39-19-7-18-37-28-16-14-26(15-17-28)34-27(20-33-21-32(34)35)22-38-31-13-6-10-24-8-2-4-11-29(24)31/h2-6,8-17,27,33H,7,18-23H2,1H3/t27-/m1/s1. The van der Waals surface area contributed by atoms with Crippen molar-refractivity contribution in [3.8, 4) is 17.2 Å². The minimum atomic E-state index is -0.114. The van der Waals surface area contributed by atoms with Crippen LogP contribution in [0.2, 0.25) is 0 Å². The van der Waals surface area contributed by atoms with Gasteiger partial charge in [0.2, 0.25) is 5.91 Å². The molecule has 4 aromatic rings. The average Bonchev–Trinajstić information content (AvgIpc) is 2.98. The van der Waals surface area contributed by atoms with E-state index in [1.54, 1.807) is 7.11 Å². The first kappa shape index (κ1) is 26.9. The number of hydrogen-bond donors (Lipinski definition) is 1. The lowest BCUT2D eigenvalue weighted by atomic mass is 10.1. The van der Waals surface area contributed by atoms with E-state index >= 15 is 0 Å². The summed E-state index contributed by atoms with van der Waals surface area (Å²) in [7, 11) is 1.71. The van der Waals surface area contributed by atoms with E-state index in [9.17, 15) is 4.79 Å². The van der Waals surface area contributed by atoms with Gasteiger partial charge in [-0.3, -0.25) is 4.79 Å². The SMILES string of the molecule is COc1ccccc1CSCCCOc1ccc(N2C(=O)CNC[C@@H]2COc2cccc3ccccc23)cc1. The predicted molar refractivity (Wildman–Crippen MR) is 159 cm³/mol. The first-order valence-corrected chi connectivity index (χ1v) is 14.4. The van der Waals surface area contributed by atoms with Crippen molar-refractivity contribution in [3.05, 3.63) is 96.6 Å². The molecule has 1 amide bonds. The average molecular weight is 543 g/mol. The molecule has 1 atom stereocenters. The molecule has 1 aliphatic heterocycles. The number of anilines is 1. The quantitative estimate of drug-likeness (QED) is 0.224. The Bertz CT molecular complexity index is 1370. The molecule has 1 saturated heterocycles. The number of nitrogens with one attached hydrogen (secondary N) is 1. The summed E-state index contributed by atoms with van der Waals surface area (Å²) in [6.07, 6.45) is 0.950. The van der Waals surface area contributed by atoms with Crippen LogP contribution >= 0.6 is 11.8 Å². The van der Waals surface area contributed by atoms with Crippen LogP contribution in [0.25, 0.3) is 10.8 Å². The summed E-state index contributed by atoms with van der Waals surface area (Å²) in [5, 5.41) is 5.43. The molecule has 7 heteroatoms. The molecule has 0 aliphatic carbocycles. The molecule has 1 aliphatic rings. The Morgan fingerprint density at radius 1 is 0.897 bits per heavy atom. The number of benzene rings is 4. The molecule has 0 saturated carbocycles. The maximum Gasteiger partial charge on any atom is 0.241 e. The lowest BCUT2D eigenvalue weighted by Crippen LogP contribution is -2.57. The number of carbonyl (C=O) groups is 1. The summed E-state index contributed by atoms with van der Waals surface area (Å²) < 4.78 is 17.6. The fourth-order valence-electron chi connectivity index (χ4n) is 4.78. The first-order chi connectivity index (χ1) is 19.2. The van der Waals surface area contributed by atoms with E-state index in [1.807, 2.05) is 83.4 Å². The molecule has 5 rings (SSSR count). The van der Waals surface area contributed by atoms with Crippen molar-refractivity contribution in [1.29, 1.82) is 0 Å². The van der Waals surface area contributed by atoms with Crippen molar-refractivity contribution in [1.82, 2.24) is 5.32 Å². The molecule has 0 aromatic heterocycles. The van der Waals surface area contributed by atoms with Gasteiger partial charge in [-0.1, -0.05) is 54.6 Å². The van der Waals surface area contributed by atoms with Gasteiger partial charge < -0.3 is 24.4 Å². The number of piperazine rings is 1. The second-order valence-electron chi connectivity index (χ2n) is 9.40. The number of rotatable bonds is 12. The topological polar surface area (TPSA) is 60.0 Å². The van der Waals surface area contributed by atoms with Gasteiger partial charge in [0.15, 0.2) is 0 Å². The molecule has 1 fully saturated rings. The van der Waals surface area contributed by atoms with Crippen molar-refractivity contribution < 1.29 is 19.0 Å². The summed E-state index contributed by atoms with van der Waals surface area (Å²) in [5.41, 5.74) is 2.07. The van der Waals surface area contributed by atoms with E-state index in [2.05, 4.69) is 29.6 Å². The molecular formula is C32H34N2O4S. The second kappa shape index (κ2) is 13.4. The minimum absolute atomic E-state index is 0.0357. The molecular weight excluding hydrogens is 508 g/mol. The van der Waals surface area contributed by atoms with Gasteiger partial charge in [-0.25, -0.2) is 0 Å². The van der Waals surface area contributed by atoms with E-state index in [-0.39, 0.29) is 11.9 Å². The van der Waals surface area contributed by atoms with Gasteiger partial charge >= 0.3 is 0 Å². The normalized spacial score (nSPS) is 15.4. The van der Waals surface area contributed by atoms with Gasteiger partial charge in [-0.15, -0.1) is 0 Å². The van der Waals surface area contributed by atoms with Gasteiger partial charge in [0.25, 0.3) is 0 Å². The number of carbonyl (C=O) groups excluding carboxylic acids is 1. The van der Waals surface area contributed by atoms with Gasteiger partial charge in [0.05, 0.1) is 26.3 Å². The van der Waals surface area contributed by atoms with Crippen LogP contribution in [0.15, 0.2) is 91.0 Å². The molecule has 0 bridgehead atoms. The van der Waals surface area contributed by atoms with Crippen molar-refractivity contribution in [2.24, 2.45) is 0 Å². The molecule has 1 heterocycles. The maximum absolute atomic E-state index is 12.9. The number of hydrogen-bond acceptors (Lipinski definition) is 6. The number of fused-ring (bicyclic) bond motifs is 1. The number of para-hydroxylation sites is 1. The Morgan fingerprint density at radius 2 is 1.67 bits per heavy atom. The molecule has 0 spiro atoms. The Kier molecular flexibility index (Phi) is 9.25. The summed E-state index contributed by atoms with van der Waals surface area (Å²) in [6.45, 7) is 2.03. The Balaban J connectivity index is 1.12. The van der Waals surface area contributed by atoms with Crippen LogP contribution in [0.1, 0.15) is 12.0 Å². The van der Waals surface area contributed by atoms with Crippen LogP contribution in [0.4, 0.5) is 5.69 Å². The maximum atomic E-state index is 12.9. The highest BCUT2D eigenvalue weighted by atomic mass is 32.2. The fourth-order valence-corrected chi connectivity index (χ4v) is 5.70. The third-order valence-corrected chi connectivity index (χ3v) is 7.83. The van der Waals surface area contributed by atoms with E-state index in [0.717, 1.165) is 51.6 Å². The number of amides is 1. The molecule has 6 nitrogen and oxygen atoms in total. The molecule has 0 unspecified atom stereocenters.